The third-order valence-corrected chi connectivity index (χ3v) is 4.01. The Hall–Kier alpha value is -0.510. The van der Waals surface area contributed by atoms with Gasteiger partial charge in [0.25, 0.3) is 0 Å². The summed E-state index contributed by atoms with van der Waals surface area (Å²) in [5.41, 5.74) is 0.298. The van der Waals surface area contributed by atoms with Crippen LogP contribution in [-0.4, -0.2) is 21.6 Å². The fourth-order valence-corrected chi connectivity index (χ4v) is 2.28. The predicted molar refractivity (Wildman–Crippen MR) is 68.7 cm³/mol. The predicted octanol–water partition coefficient (Wildman–Crippen LogP) is 2.99. The molecule has 1 aromatic rings. The van der Waals surface area contributed by atoms with E-state index in [0.29, 0.717) is 5.75 Å². The van der Waals surface area contributed by atoms with Gasteiger partial charge in [-0.3, -0.25) is 0 Å². The van der Waals surface area contributed by atoms with Crippen LogP contribution in [0.1, 0.15) is 38.9 Å². The molecule has 0 fully saturated rings. The van der Waals surface area contributed by atoms with Crippen molar-refractivity contribution < 1.29 is 10.2 Å². The van der Waals surface area contributed by atoms with Crippen LogP contribution in [0, 0.1) is 0 Å². The van der Waals surface area contributed by atoms with Gasteiger partial charge in [-0.25, -0.2) is 0 Å². The number of hydrogen-bond donors (Lipinski definition) is 2. The third kappa shape index (κ3) is 4.16. The van der Waals surface area contributed by atoms with Crippen molar-refractivity contribution in [1.82, 2.24) is 0 Å². The van der Waals surface area contributed by atoms with E-state index < -0.39 is 11.7 Å². The SMILES string of the molecule is CCC(C)(O)CSc1cccc(C(C)O)c1. The molecule has 1 rings (SSSR count). The second kappa shape index (κ2) is 5.71. The molecule has 0 amide bonds. The summed E-state index contributed by atoms with van der Waals surface area (Å²) in [5, 5.41) is 19.4. The first-order valence-corrected chi connectivity index (χ1v) is 6.56. The highest BCUT2D eigenvalue weighted by molar-refractivity contribution is 7.99. The van der Waals surface area contributed by atoms with Crippen LogP contribution < -0.4 is 0 Å². The van der Waals surface area contributed by atoms with Gasteiger partial charge in [0.15, 0.2) is 0 Å². The molecule has 2 N–H and O–H groups in total. The maximum Gasteiger partial charge on any atom is 0.0762 e. The lowest BCUT2D eigenvalue weighted by molar-refractivity contribution is 0.0816. The summed E-state index contributed by atoms with van der Waals surface area (Å²) in [6, 6.07) is 7.82. The highest BCUT2D eigenvalue weighted by atomic mass is 32.2. The van der Waals surface area contributed by atoms with Crippen LogP contribution in [0.2, 0.25) is 0 Å². The van der Waals surface area contributed by atoms with Crippen LogP contribution in [0.5, 0.6) is 0 Å². The van der Waals surface area contributed by atoms with E-state index in [9.17, 15) is 10.2 Å². The van der Waals surface area contributed by atoms with Gasteiger partial charge in [0, 0.05) is 10.6 Å². The normalized spacial score (nSPS) is 16.8. The number of thioether (sulfide) groups is 1. The van der Waals surface area contributed by atoms with Crippen LogP contribution in [0.25, 0.3) is 0 Å². The third-order valence-electron chi connectivity index (χ3n) is 2.65. The summed E-state index contributed by atoms with van der Waals surface area (Å²) < 4.78 is 0. The molecule has 2 nitrogen and oxygen atoms in total. The van der Waals surface area contributed by atoms with Crippen LogP contribution in [0.4, 0.5) is 0 Å². The van der Waals surface area contributed by atoms with Crippen LogP contribution in [-0.2, 0) is 0 Å². The van der Waals surface area contributed by atoms with Gasteiger partial charge in [0.1, 0.15) is 0 Å². The summed E-state index contributed by atoms with van der Waals surface area (Å²) in [6.07, 6.45) is 0.308. The van der Waals surface area contributed by atoms with E-state index in [4.69, 9.17) is 0 Å². The smallest absolute Gasteiger partial charge is 0.0762 e. The monoisotopic (exact) mass is 240 g/mol. The lowest BCUT2D eigenvalue weighted by Gasteiger charge is -2.20. The summed E-state index contributed by atoms with van der Waals surface area (Å²) in [5.74, 6) is 0.673. The Morgan fingerprint density at radius 1 is 1.44 bits per heavy atom. The maximum absolute atomic E-state index is 9.89. The van der Waals surface area contributed by atoms with E-state index in [2.05, 4.69) is 0 Å². The number of hydrogen-bond acceptors (Lipinski definition) is 3. The van der Waals surface area contributed by atoms with Crippen molar-refractivity contribution in [1.29, 1.82) is 0 Å². The molecular formula is C13H20O2S. The molecule has 0 bridgehead atoms. The Morgan fingerprint density at radius 2 is 2.12 bits per heavy atom. The van der Waals surface area contributed by atoms with Gasteiger partial charge in [-0.2, -0.15) is 0 Å². The Labute approximate surface area is 102 Å². The molecule has 0 saturated carbocycles. The molecular weight excluding hydrogens is 220 g/mol. The Bertz CT molecular complexity index is 334. The molecule has 0 radical (unpaired) electrons. The number of aliphatic hydroxyl groups excluding tert-OH is 1. The van der Waals surface area contributed by atoms with Gasteiger partial charge in [-0.15, -0.1) is 11.8 Å². The van der Waals surface area contributed by atoms with E-state index >= 15 is 0 Å². The number of rotatable bonds is 5. The molecule has 0 heterocycles. The highest BCUT2D eigenvalue weighted by Crippen LogP contribution is 2.26. The molecule has 0 aliphatic carbocycles. The first-order chi connectivity index (χ1) is 7.44. The molecule has 1 aromatic carbocycles. The van der Waals surface area contributed by atoms with E-state index in [1.807, 2.05) is 38.1 Å². The Kier molecular flexibility index (Phi) is 4.84. The minimum Gasteiger partial charge on any atom is -0.389 e. The van der Waals surface area contributed by atoms with E-state index in [-0.39, 0.29) is 0 Å². The van der Waals surface area contributed by atoms with Crippen molar-refractivity contribution in [3.63, 3.8) is 0 Å². The molecule has 90 valence electrons. The first kappa shape index (κ1) is 13.6. The average Bonchev–Trinajstić information content (AvgIpc) is 2.27. The molecule has 0 spiro atoms. The second-order valence-corrected chi connectivity index (χ2v) is 5.44. The fourth-order valence-electron chi connectivity index (χ4n) is 1.21. The van der Waals surface area contributed by atoms with E-state index in [0.717, 1.165) is 16.9 Å². The van der Waals surface area contributed by atoms with Crippen molar-refractivity contribution >= 4 is 11.8 Å². The molecule has 3 heteroatoms. The number of benzene rings is 1. The second-order valence-electron chi connectivity index (χ2n) is 4.39. The Balaban J connectivity index is 2.64. The molecule has 2 unspecified atom stereocenters. The quantitative estimate of drug-likeness (QED) is 0.777. The van der Waals surface area contributed by atoms with E-state index in [1.54, 1.807) is 18.7 Å². The largest absolute Gasteiger partial charge is 0.389 e. The van der Waals surface area contributed by atoms with Crippen LogP contribution in [0.15, 0.2) is 29.2 Å². The van der Waals surface area contributed by atoms with Crippen LogP contribution in [0.3, 0.4) is 0 Å². The van der Waals surface area contributed by atoms with Crippen molar-refractivity contribution in [2.24, 2.45) is 0 Å². The molecule has 0 aliphatic heterocycles. The van der Waals surface area contributed by atoms with Gasteiger partial charge in [-0.1, -0.05) is 19.1 Å². The summed E-state index contributed by atoms with van der Waals surface area (Å²) in [6.45, 7) is 5.58. The van der Waals surface area contributed by atoms with Crippen LogP contribution >= 0.6 is 11.8 Å². The van der Waals surface area contributed by atoms with Gasteiger partial charge < -0.3 is 10.2 Å². The minimum absolute atomic E-state index is 0.438. The summed E-state index contributed by atoms with van der Waals surface area (Å²) in [7, 11) is 0. The van der Waals surface area contributed by atoms with Gasteiger partial charge >= 0.3 is 0 Å². The zero-order valence-corrected chi connectivity index (χ0v) is 10.9. The number of aliphatic hydroxyl groups is 2. The van der Waals surface area contributed by atoms with E-state index in [1.165, 1.54) is 0 Å². The standard InChI is InChI=1S/C13H20O2S/c1-4-13(3,15)9-16-12-7-5-6-11(8-12)10(2)14/h5-8,10,14-15H,4,9H2,1-3H3. The van der Waals surface area contributed by atoms with Gasteiger partial charge in [0.05, 0.1) is 11.7 Å². The molecule has 0 aliphatic rings. The van der Waals surface area contributed by atoms with Crippen molar-refractivity contribution in [2.75, 3.05) is 5.75 Å². The van der Waals surface area contributed by atoms with Gasteiger partial charge in [-0.05, 0) is 38.0 Å². The minimum atomic E-state index is -0.620. The van der Waals surface area contributed by atoms with Crippen molar-refractivity contribution in [2.45, 2.75) is 43.8 Å². The maximum atomic E-state index is 9.89. The lowest BCUT2D eigenvalue weighted by atomic mass is 10.1. The first-order valence-electron chi connectivity index (χ1n) is 5.58. The molecule has 0 aromatic heterocycles. The highest BCUT2D eigenvalue weighted by Gasteiger charge is 2.17. The zero-order valence-electron chi connectivity index (χ0n) is 10.1. The fraction of sp³-hybridized carbons (Fsp3) is 0.538. The lowest BCUT2D eigenvalue weighted by Crippen LogP contribution is -2.25. The van der Waals surface area contributed by atoms with Crippen molar-refractivity contribution in [3.05, 3.63) is 29.8 Å². The molecule has 16 heavy (non-hydrogen) atoms. The average molecular weight is 240 g/mol. The summed E-state index contributed by atoms with van der Waals surface area (Å²) in [4.78, 5) is 1.09. The van der Waals surface area contributed by atoms with Crippen molar-refractivity contribution in [3.8, 4) is 0 Å². The molecule has 2 atom stereocenters. The Morgan fingerprint density at radius 3 is 2.69 bits per heavy atom. The topological polar surface area (TPSA) is 40.5 Å². The van der Waals surface area contributed by atoms with Gasteiger partial charge in [0.2, 0.25) is 0 Å². The zero-order chi connectivity index (χ0) is 12.2. The molecule has 0 saturated heterocycles. The summed E-state index contributed by atoms with van der Waals surface area (Å²) >= 11 is 1.62.